The molecule has 0 bridgehead atoms. The van der Waals surface area contributed by atoms with Crippen LogP contribution >= 0.6 is 15.9 Å². The highest BCUT2D eigenvalue weighted by Gasteiger charge is 2.28. The predicted octanol–water partition coefficient (Wildman–Crippen LogP) is 1.54. The minimum atomic E-state index is -0.866. The second-order valence-corrected chi connectivity index (χ2v) is 5.49. The van der Waals surface area contributed by atoms with Crippen molar-refractivity contribution in [1.29, 1.82) is 0 Å². The van der Waals surface area contributed by atoms with E-state index in [0.29, 0.717) is 6.54 Å². The molecule has 0 aliphatic carbocycles. The first kappa shape index (κ1) is 14.0. The minimum Gasteiger partial charge on any atom is -0.481 e. The van der Waals surface area contributed by atoms with Gasteiger partial charge >= 0.3 is 5.97 Å². The van der Waals surface area contributed by atoms with Crippen LogP contribution < -0.4 is 10.2 Å². The standard InChI is InChI=1S/C13H15BrN2O3/c1-8-2-3-11(10(14)4-8)16-7-9(5-13(18)19)15-6-12(16)17/h2-4,9,15H,5-7H2,1H3,(H,18,19). The molecule has 2 rings (SSSR count). The van der Waals surface area contributed by atoms with Crippen LogP contribution in [0, 0.1) is 6.92 Å². The third-order valence-corrected chi connectivity index (χ3v) is 3.70. The first-order valence-corrected chi connectivity index (χ1v) is 6.78. The Balaban J connectivity index is 2.21. The number of carbonyl (C=O) groups excluding carboxylic acids is 1. The zero-order valence-corrected chi connectivity index (χ0v) is 12.1. The van der Waals surface area contributed by atoms with Gasteiger partial charge in [0.2, 0.25) is 5.91 Å². The molecule has 0 spiro atoms. The Kier molecular flexibility index (Phi) is 4.21. The van der Waals surface area contributed by atoms with E-state index >= 15 is 0 Å². The molecule has 0 radical (unpaired) electrons. The van der Waals surface area contributed by atoms with Gasteiger partial charge in [0.1, 0.15) is 0 Å². The van der Waals surface area contributed by atoms with E-state index in [1.54, 1.807) is 4.90 Å². The quantitative estimate of drug-likeness (QED) is 0.884. The average Bonchev–Trinajstić information content (AvgIpc) is 2.31. The lowest BCUT2D eigenvalue weighted by Crippen LogP contribution is -2.55. The van der Waals surface area contributed by atoms with Gasteiger partial charge in [-0.15, -0.1) is 0 Å². The first-order chi connectivity index (χ1) is 8.97. The maximum absolute atomic E-state index is 12.0. The van der Waals surface area contributed by atoms with E-state index in [0.717, 1.165) is 15.7 Å². The molecule has 1 unspecified atom stereocenters. The monoisotopic (exact) mass is 326 g/mol. The van der Waals surface area contributed by atoms with Gasteiger partial charge in [-0.1, -0.05) is 6.07 Å². The van der Waals surface area contributed by atoms with Gasteiger partial charge < -0.3 is 15.3 Å². The van der Waals surface area contributed by atoms with Gasteiger partial charge in [-0.25, -0.2) is 0 Å². The number of aliphatic carboxylic acids is 1. The molecule has 19 heavy (non-hydrogen) atoms. The van der Waals surface area contributed by atoms with E-state index in [9.17, 15) is 9.59 Å². The molecular weight excluding hydrogens is 312 g/mol. The van der Waals surface area contributed by atoms with E-state index in [2.05, 4.69) is 21.2 Å². The van der Waals surface area contributed by atoms with Crippen molar-refractivity contribution in [3.8, 4) is 0 Å². The van der Waals surface area contributed by atoms with Gasteiger partial charge in [-0.05, 0) is 40.5 Å². The second-order valence-electron chi connectivity index (χ2n) is 4.63. The summed E-state index contributed by atoms with van der Waals surface area (Å²) in [6.45, 7) is 2.51. The van der Waals surface area contributed by atoms with Crippen molar-refractivity contribution < 1.29 is 14.7 Å². The minimum absolute atomic E-state index is 0.00720. The summed E-state index contributed by atoms with van der Waals surface area (Å²) in [6, 6.07) is 5.53. The highest BCUT2D eigenvalue weighted by Crippen LogP contribution is 2.28. The Morgan fingerprint density at radius 2 is 2.32 bits per heavy atom. The number of piperazine rings is 1. The lowest BCUT2D eigenvalue weighted by atomic mass is 10.1. The van der Waals surface area contributed by atoms with Crippen molar-refractivity contribution in [1.82, 2.24) is 5.32 Å². The predicted molar refractivity (Wildman–Crippen MR) is 75.3 cm³/mol. The summed E-state index contributed by atoms with van der Waals surface area (Å²) < 4.78 is 0.844. The number of hydrogen-bond donors (Lipinski definition) is 2. The van der Waals surface area contributed by atoms with Gasteiger partial charge in [0.05, 0.1) is 18.7 Å². The fourth-order valence-electron chi connectivity index (χ4n) is 2.12. The molecule has 0 aromatic heterocycles. The molecule has 6 heteroatoms. The molecule has 1 amide bonds. The Morgan fingerprint density at radius 3 is 2.95 bits per heavy atom. The Bertz CT molecular complexity index is 519. The lowest BCUT2D eigenvalue weighted by Gasteiger charge is -2.33. The fraction of sp³-hybridized carbons (Fsp3) is 0.385. The fourth-order valence-corrected chi connectivity index (χ4v) is 2.83. The van der Waals surface area contributed by atoms with E-state index < -0.39 is 5.97 Å². The lowest BCUT2D eigenvalue weighted by molar-refractivity contribution is -0.138. The van der Waals surface area contributed by atoms with Crippen LogP contribution in [0.5, 0.6) is 0 Å². The van der Waals surface area contributed by atoms with E-state index in [1.807, 2.05) is 25.1 Å². The van der Waals surface area contributed by atoms with Crippen molar-refractivity contribution in [2.75, 3.05) is 18.0 Å². The van der Waals surface area contributed by atoms with Crippen molar-refractivity contribution in [3.63, 3.8) is 0 Å². The summed E-state index contributed by atoms with van der Waals surface area (Å²) in [4.78, 5) is 24.3. The number of hydrogen-bond acceptors (Lipinski definition) is 3. The number of aryl methyl sites for hydroxylation is 1. The largest absolute Gasteiger partial charge is 0.481 e. The van der Waals surface area contributed by atoms with E-state index in [4.69, 9.17) is 5.11 Å². The first-order valence-electron chi connectivity index (χ1n) is 5.99. The normalized spacial score (nSPS) is 19.6. The summed E-state index contributed by atoms with van der Waals surface area (Å²) in [5, 5.41) is 11.8. The average molecular weight is 327 g/mol. The van der Waals surface area contributed by atoms with Crippen LogP contribution in [0.2, 0.25) is 0 Å². The van der Waals surface area contributed by atoms with Crippen LogP contribution in [0.25, 0.3) is 0 Å². The van der Waals surface area contributed by atoms with Crippen LogP contribution in [-0.4, -0.2) is 36.1 Å². The number of nitrogens with zero attached hydrogens (tertiary/aromatic N) is 1. The third kappa shape index (κ3) is 3.33. The number of carboxylic acid groups (broad SMARTS) is 1. The maximum atomic E-state index is 12.0. The van der Waals surface area contributed by atoms with Crippen LogP contribution in [0.3, 0.4) is 0 Å². The zero-order valence-electron chi connectivity index (χ0n) is 10.5. The molecule has 1 aliphatic heterocycles. The summed E-state index contributed by atoms with van der Waals surface area (Å²) in [5.41, 5.74) is 1.88. The summed E-state index contributed by atoms with van der Waals surface area (Å²) >= 11 is 3.45. The maximum Gasteiger partial charge on any atom is 0.304 e. The summed E-state index contributed by atoms with van der Waals surface area (Å²) in [6.07, 6.45) is 0.00720. The van der Waals surface area contributed by atoms with Gasteiger partial charge in [0.15, 0.2) is 0 Å². The van der Waals surface area contributed by atoms with Crippen LogP contribution in [0.1, 0.15) is 12.0 Å². The van der Waals surface area contributed by atoms with Crippen LogP contribution in [-0.2, 0) is 9.59 Å². The SMILES string of the molecule is Cc1ccc(N2CC(CC(=O)O)NCC2=O)c(Br)c1. The number of carbonyl (C=O) groups is 2. The Morgan fingerprint density at radius 1 is 1.58 bits per heavy atom. The van der Waals surface area contributed by atoms with Crippen LogP contribution in [0.4, 0.5) is 5.69 Å². The molecule has 1 atom stereocenters. The van der Waals surface area contributed by atoms with Gasteiger partial charge in [-0.2, -0.15) is 0 Å². The molecule has 102 valence electrons. The smallest absolute Gasteiger partial charge is 0.304 e. The molecule has 1 fully saturated rings. The molecule has 1 aromatic carbocycles. The number of amides is 1. The Hall–Kier alpha value is -1.40. The van der Waals surface area contributed by atoms with Gasteiger partial charge in [-0.3, -0.25) is 9.59 Å². The molecule has 5 nitrogen and oxygen atoms in total. The van der Waals surface area contributed by atoms with Crippen molar-refractivity contribution in [2.45, 2.75) is 19.4 Å². The highest BCUT2D eigenvalue weighted by molar-refractivity contribution is 9.10. The van der Waals surface area contributed by atoms with Crippen molar-refractivity contribution in [3.05, 3.63) is 28.2 Å². The number of rotatable bonds is 3. The molecule has 0 saturated carbocycles. The van der Waals surface area contributed by atoms with Gasteiger partial charge in [0, 0.05) is 17.1 Å². The number of halogens is 1. The zero-order chi connectivity index (χ0) is 14.0. The number of anilines is 1. The summed E-state index contributed by atoms with van der Waals surface area (Å²) in [5.74, 6) is -0.916. The van der Waals surface area contributed by atoms with Crippen molar-refractivity contribution in [2.24, 2.45) is 0 Å². The van der Waals surface area contributed by atoms with E-state index in [1.165, 1.54) is 0 Å². The Labute approximate surface area is 119 Å². The second kappa shape index (κ2) is 5.71. The van der Waals surface area contributed by atoms with Gasteiger partial charge in [0.25, 0.3) is 0 Å². The third-order valence-electron chi connectivity index (χ3n) is 3.06. The van der Waals surface area contributed by atoms with Crippen molar-refractivity contribution >= 4 is 33.5 Å². The van der Waals surface area contributed by atoms with Crippen LogP contribution in [0.15, 0.2) is 22.7 Å². The summed E-state index contributed by atoms with van der Waals surface area (Å²) in [7, 11) is 0. The molecule has 1 heterocycles. The number of carboxylic acids is 1. The molecule has 1 saturated heterocycles. The molecular formula is C13H15BrN2O3. The molecule has 1 aromatic rings. The molecule has 2 N–H and O–H groups in total. The highest BCUT2D eigenvalue weighted by atomic mass is 79.9. The number of nitrogens with one attached hydrogen (secondary N) is 1. The topological polar surface area (TPSA) is 69.6 Å². The van der Waals surface area contributed by atoms with E-state index in [-0.39, 0.29) is 24.9 Å². The number of benzene rings is 1. The molecule has 1 aliphatic rings.